The number of ether oxygens (including phenoxy) is 2. The average Bonchev–Trinajstić information content (AvgIpc) is 2.51. The van der Waals surface area contributed by atoms with Crippen molar-refractivity contribution in [1.29, 1.82) is 0 Å². The smallest absolute Gasteiger partial charge is 0.134 e. The quantitative estimate of drug-likeness (QED) is 0.596. The zero-order chi connectivity index (χ0) is 15.9. The van der Waals surface area contributed by atoms with Gasteiger partial charge in [-0.05, 0) is 17.0 Å². The van der Waals surface area contributed by atoms with E-state index < -0.39 is 0 Å². The predicted molar refractivity (Wildman–Crippen MR) is 93.3 cm³/mol. The van der Waals surface area contributed by atoms with Crippen molar-refractivity contribution < 1.29 is 9.47 Å². The highest BCUT2D eigenvalue weighted by Crippen LogP contribution is 2.43. The number of rotatable bonds is 2. The minimum absolute atomic E-state index is 0.0953. The van der Waals surface area contributed by atoms with Crippen LogP contribution >= 0.6 is 0 Å². The molecule has 0 saturated heterocycles. The average molecular weight is 294 g/mol. The summed E-state index contributed by atoms with van der Waals surface area (Å²) in [5.41, 5.74) is 1.38. The lowest BCUT2D eigenvalue weighted by atomic mass is 9.85. The summed E-state index contributed by atoms with van der Waals surface area (Å²) in [5.74, 6) is 1.82. The van der Waals surface area contributed by atoms with Crippen LogP contribution in [-0.2, 0) is 5.41 Å². The monoisotopic (exact) mass is 294 g/mol. The third-order valence-electron chi connectivity index (χ3n) is 4.20. The Bertz CT molecular complexity index is 842. The van der Waals surface area contributed by atoms with E-state index in [1.54, 1.807) is 14.2 Å². The molecule has 0 spiro atoms. The zero-order valence-electron chi connectivity index (χ0n) is 13.9. The standard InChI is InChI=1S/C20H22O2/c1-20(2,3)13-10-11-16-17(12-13)19(22-5)15-9-7-6-8-14(15)18(16)21-4/h6-12H,1-5H3. The summed E-state index contributed by atoms with van der Waals surface area (Å²) in [6, 6.07) is 14.8. The highest BCUT2D eigenvalue weighted by atomic mass is 16.5. The summed E-state index contributed by atoms with van der Waals surface area (Å²) in [6.07, 6.45) is 0. The van der Waals surface area contributed by atoms with Gasteiger partial charge in [-0.1, -0.05) is 57.2 Å². The number of hydrogen-bond acceptors (Lipinski definition) is 2. The van der Waals surface area contributed by atoms with Crippen LogP contribution in [0.3, 0.4) is 0 Å². The van der Waals surface area contributed by atoms with Crippen LogP contribution in [-0.4, -0.2) is 14.2 Å². The highest BCUT2D eigenvalue weighted by Gasteiger charge is 2.19. The van der Waals surface area contributed by atoms with E-state index in [9.17, 15) is 0 Å². The molecular formula is C20H22O2. The van der Waals surface area contributed by atoms with Crippen molar-refractivity contribution in [3.05, 3.63) is 48.0 Å². The largest absolute Gasteiger partial charge is 0.495 e. The van der Waals surface area contributed by atoms with E-state index in [1.165, 1.54) is 5.56 Å². The Morgan fingerprint density at radius 1 is 0.682 bits per heavy atom. The van der Waals surface area contributed by atoms with Crippen LogP contribution in [0.2, 0.25) is 0 Å². The van der Waals surface area contributed by atoms with Crippen LogP contribution < -0.4 is 9.47 Å². The van der Waals surface area contributed by atoms with E-state index in [0.717, 1.165) is 33.0 Å². The van der Waals surface area contributed by atoms with E-state index in [2.05, 4.69) is 51.1 Å². The van der Waals surface area contributed by atoms with Gasteiger partial charge in [-0.15, -0.1) is 0 Å². The molecule has 3 aromatic carbocycles. The lowest BCUT2D eigenvalue weighted by molar-refractivity contribution is 0.417. The topological polar surface area (TPSA) is 18.5 Å². The molecule has 0 amide bonds. The second-order valence-electron chi connectivity index (χ2n) is 6.62. The second kappa shape index (κ2) is 5.20. The van der Waals surface area contributed by atoms with Gasteiger partial charge in [0.2, 0.25) is 0 Å². The lowest BCUT2D eigenvalue weighted by Crippen LogP contribution is -2.10. The van der Waals surface area contributed by atoms with Gasteiger partial charge in [0.25, 0.3) is 0 Å². The molecule has 0 fully saturated rings. The van der Waals surface area contributed by atoms with Crippen LogP contribution in [0.25, 0.3) is 21.5 Å². The number of benzene rings is 3. The first-order valence-corrected chi connectivity index (χ1v) is 7.54. The molecule has 114 valence electrons. The fourth-order valence-corrected chi connectivity index (χ4v) is 3.01. The van der Waals surface area contributed by atoms with Gasteiger partial charge in [-0.25, -0.2) is 0 Å². The molecule has 0 atom stereocenters. The van der Waals surface area contributed by atoms with Crippen molar-refractivity contribution >= 4 is 21.5 Å². The van der Waals surface area contributed by atoms with Crippen LogP contribution in [0.5, 0.6) is 11.5 Å². The molecule has 0 radical (unpaired) electrons. The van der Waals surface area contributed by atoms with Crippen LogP contribution in [0.4, 0.5) is 0 Å². The molecule has 0 bridgehead atoms. The van der Waals surface area contributed by atoms with Gasteiger partial charge >= 0.3 is 0 Å². The summed E-state index contributed by atoms with van der Waals surface area (Å²) in [4.78, 5) is 0. The fraction of sp³-hybridized carbons (Fsp3) is 0.300. The van der Waals surface area contributed by atoms with E-state index in [0.29, 0.717) is 0 Å². The number of fused-ring (bicyclic) bond motifs is 2. The first kappa shape index (κ1) is 14.7. The summed E-state index contributed by atoms with van der Waals surface area (Å²) >= 11 is 0. The van der Waals surface area contributed by atoms with Gasteiger partial charge in [0.15, 0.2) is 0 Å². The number of hydrogen-bond donors (Lipinski definition) is 0. The van der Waals surface area contributed by atoms with Crippen molar-refractivity contribution in [2.24, 2.45) is 0 Å². The molecule has 0 unspecified atom stereocenters. The Morgan fingerprint density at radius 3 is 1.68 bits per heavy atom. The first-order chi connectivity index (χ1) is 10.5. The SMILES string of the molecule is COc1c2ccccc2c(OC)c2cc(C(C)(C)C)ccc12. The molecule has 0 aromatic heterocycles. The highest BCUT2D eigenvalue weighted by molar-refractivity contribution is 6.11. The molecule has 3 aromatic rings. The van der Waals surface area contributed by atoms with Gasteiger partial charge < -0.3 is 9.47 Å². The Kier molecular flexibility index (Phi) is 3.48. The van der Waals surface area contributed by atoms with Crippen LogP contribution in [0.15, 0.2) is 42.5 Å². The molecule has 3 rings (SSSR count). The Balaban J connectivity index is 2.50. The van der Waals surface area contributed by atoms with Crippen molar-refractivity contribution in [3.8, 4) is 11.5 Å². The Hall–Kier alpha value is -2.22. The summed E-state index contributed by atoms with van der Waals surface area (Å²) in [7, 11) is 3.46. The fourth-order valence-electron chi connectivity index (χ4n) is 3.01. The van der Waals surface area contributed by atoms with Crippen LogP contribution in [0, 0.1) is 0 Å². The molecule has 0 heterocycles. The molecule has 2 nitrogen and oxygen atoms in total. The molecule has 0 aliphatic rings. The third kappa shape index (κ3) is 2.19. The van der Waals surface area contributed by atoms with Crippen molar-refractivity contribution in [2.45, 2.75) is 26.2 Å². The minimum Gasteiger partial charge on any atom is -0.495 e. The zero-order valence-corrected chi connectivity index (χ0v) is 13.9. The summed E-state index contributed by atoms with van der Waals surface area (Å²) in [6.45, 7) is 6.66. The second-order valence-corrected chi connectivity index (χ2v) is 6.62. The predicted octanol–water partition coefficient (Wildman–Crippen LogP) is 5.31. The Labute approximate surface area is 131 Å². The van der Waals surface area contributed by atoms with Crippen LogP contribution in [0.1, 0.15) is 26.3 Å². The van der Waals surface area contributed by atoms with E-state index in [-0.39, 0.29) is 5.41 Å². The number of methoxy groups -OCH3 is 2. The summed E-state index contributed by atoms with van der Waals surface area (Å²) in [5, 5.41) is 4.36. The molecule has 0 saturated carbocycles. The van der Waals surface area contributed by atoms with Gasteiger partial charge in [0.1, 0.15) is 11.5 Å². The van der Waals surface area contributed by atoms with E-state index in [1.807, 2.05) is 12.1 Å². The third-order valence-corrected chi connectivity index (χ3v) is 4.20. The molecule has 0 aliphatic carbocycles. The van der Waals surface area contributed by atoms with Crippen molar-refractivity contribution in [2.75, 3.05) is 14.2 Å². The molecule has 22 heavy (non-hydrogen) atoms. The first-order valence-electron chi connectivity index (χ1n) is 7.54. The molecule has 2 heteroatoms. The summed E-state index contributed by atoms with van der Waals surface area (Å²) < 4.78 is 11.5. The lowest BCUT2D eigenvalue weighted by Gasteiger charge is -2.21. The van der Waals surface area contributed by atoms with Gasteiger partial charge in [-0.2, -0.15) is 0 Å². The molecule has 0 N–H and O–H groups in total. The van der Waals surface area contributed by atoms with Gasteiger partial charge in [-0.3, -0.25) is 0 Å². The van der Waals surface area contributed by atoms with Crippen molar-refractivity contribution in [1.82, 2.24) is 0 Å². The maximum absolute atomic E-state index is 5.75. The van der Waals surface area contributed by atoms with Gasteiger partial charge in [0, 0.05) is 21.5 Å². The van der Waals surface area contributed by atoms with Crippen molar-refractivity contribution in [3.63, 3.8) is 0 Å². The minimum atomic E-state index is 0.0953. The molecule has 0 aliphatic heterocycles. The van der Waals surface area contributed by atoms with E-state index in [4.69, 9.17) is 9.47 Å². The van der Waals surface area contributed by atoms with Gasteiger partial charge in [0.05, 0.1) is 14.2 Å². The Morgan fingerprint density at radius 2 is 1.18 bits per heavy atom. The van der Waals surface area contributed by atoms with E-state index >= 15 is 0 Å². The normalized spacial score (nSPS) is 11.9. The maximum Gasteiger partial charge on any atom is 0.134 e. The maximum atomic E-state index is 5.75. The molecular weight excluding hydrogens is 272 g/mol.